The molecule has 2 rings (SSSR count). The fourth-order valence-electron chi connectivity index (χ4n) is 2.16. The van der Waals surface area contributed by atoms with Crippen molar-refractivity contribution in [2.75, 3.05) is 26.0 Å². The van der Waals surface area contributed by atoms with Gasteiger partial charge in [-0.2, -0.15) is 0 Å². The van der Waals surface area contributed by atoms with Crippen molar-refractivity contribution >= 4 is 29.3 Å². The Morgan fingerprint density at radius 1 is 1.60 bits per heavy atom. The number of ether oxygens (including phenoxy) is 1. The Bertz CT molecular complexity index is 497. The van der Waals surface area contributed by atoms with E-state index >= 15 is 0 Å². The van der Waals surface area contributed by atoms with Gasteiger partial charge in [0.15, 0.2) is 0 Å². The van der Waals surface area contributed by atoms with E-state index in [1.54, 1.807) is 22.7 Å². The van der Waals surface area contributed by atoms with Crippen molar-refractivity contribution in [2.45, 2.75) is 24.0 Å². The molecular weight excluding hydrogens is 298 g/mol. The van der Waals surface area contributed by atoms with Crippen LogP contribution in [0.2, 0.25) is 5.02 Å². The quantitative estimate of drug-likeness (QED) is 0.870. The van der Waals surface area contributed by atoms with Crippen molar-refractivity contribution in [3.8, 4) is 0 Å². The molecule has 1 fully saturated rings. The molecule has 0 aliphatic carbocycles. The van der Waals surface area contributed by atoms with Crippen LogP contribution in [0.1, 0.15) is 17.3 Å². The van der Waals surface area contributed by atoms with Gasteiger partial charge >= 0.3 is 0 Å². The Labute approximate surface area is 128 Å². The number of rotatable bonds is 3. The summed E-state index contributed by atoms with van der Waals surface area (Å²) in [7, 11) is 0. The molecule has 20 heavy (non-hydrogen) atoms. The van der Waals surface area contributed by atoms with E-state index in [9.17, 15) is 9.90 Å². The molecule has 2 atom stereocenters. The molecule has 0 radical (unpaired) electrons. The zero-order valence-electron chi connectivity index (χ0n) is 11.5. The normalized spacial score (nSPS) is 22.9. The van der Waals surface area contributed by atoms with Gasteiger partial charge in [-0.25, -0.2) is 0 Å². The first-order chi connectivity index (χ1) is 9.56. The summed E-state index contributed by atoms with van der Waals surface area (Å²) in [4.78, 5) is 15.4. The molecule has 0 bridgehead atoms. The Kier molecular flexibility index (Phi) is 5.32. The Morgan fingerprint density at radius 3 is 3.00 bits per heavy atom. The number of carbonyl (C=O) groups excluding carboxylic acids is 1. The van der Waals surface area contributed by atoms with Crippen molar-refractivity contribution in [3.63, 3.8) is 0 Å². The van der Waals surface area contributed by atoms with E-state index < -0.39 is 0 Å². The maximum absolute atomic E-state index is 12.7. The smallest absolute Gasteiger partial charge is 0.255 e. The summed E-state index contributed by atoms with van der Waals surface area (Å²) in [5, 5.41) is 9.64. The van der Waals surface area contributed by atoms with Crippen LogP contribution in [0.15, 0.2) is 23.1 Å². The van der Waals surface area contributed by atoms with Gasteiger partial charge in [0, 0.05) is 11.4 Å². The van der Waals surface area contributed by atoms with Crippen LogP contribution in [0.4, 0.5) is 0 Å². The number of thioether (sulfide) groups is 1. The molecule has 1 saturated heterocycles. The van der Waals surface area contributed by atoms with Gasteiger partial charge in [0.1, 0.15) is 0 Å². The van der Waals surface area contributed by atoms with Gasteiger partial charge in [0.2, 0.25) is 0 Å². The van der Waals surface area contributed by atoms with E-state index in [0.717, 1.165) is 4.90 Å². The number of aliphatic hydroxyl groups excluding tert-OH is 1. The second-order valence-corrected chi connectivity index (χ2v) is 6.08. The predicted octanol–water partition coefficient (Wildman–Crippen LogP) is 2.28. The molecule has 1 heterocycles. The Morgan fingerprint density at radius 2 is 2.35 bits per heavy atom. The number of carbonyl (C=O) groups is 1. The average molecular weight is 316 g/mol. The summed E-state index contributed by atoms with van der Waals surface area (Å²) in [6.45, 7) is 2.65. The van der Waals surface area contributed by atoms with E-state index in [1.807, 2.05) is 25.3 Å². The minimum absolute atomic E-state index is 0.0284. The van der Waals surface area contributed by atoms with Crippen LogP contribution >= 0.6 is 23.4 Å². The molecule has 1 N–H and O–H groups in total. The molecule has 1 aliphatic heterocycles. The van der Waals surface area contributed by atoms with E-state index in [1.165, 1.54) is 0 Å². The molecule has 1 amide bonds. The number of nitrogens with zero attached hydrogens (tertiary/aromatic N) is 1. The lowest BCUT2D eigenvalue weighted by atomic mass is 10.1. The Balaban J connectivity index is 2.25. The SMILES string of the molecule is CSc1ccc(Cl)c(C(=O)N2CC(CO)OCC2C)c1. The number of morpholine rings is 1. The van der Waals surface area contributed by atoms with Gasteiger partial charge < -0.3 is 14.7 Å². The summed E-state index contributed by atoms with van der Waals surface area (Å²) < 4.78 is 5.45. The minimum Gasteiger partial charge on any atom is -0.394 e. The second kappa shape index (κ2) is 6.80. The van der Waals surface area contributed by atoms with Crippen LogP contribution in [0.25, 0.3) is 0 Å². The highest BCUT2D eigenvalue weighted by Gasteiger charge is 2.30. The molecule has 0 spiro atoms. The van der Waals surface area contributed by atoms with Gasteiger partial charge in [-0.05, 0) is 31.4 Å². The first-order valence-electron chi connectivity index (χ1n) is 6.43. The second-order valence-electron chi connectivity index (χ2n) is 4.79. The van der Waals surface area contributed by atoms with Crippen LogP contribution in [-0.4, -0.2) is 54.1 Å². The molecule has 0 saturated carbocycles. The van der Waals surface area contributed by atoms with Gasteiger partial charge in [-0.15, -0.1) is 11.8 Å². The zero-order valence-corrected chi connectivity index (χ0v) is 13.1. The number of halogens is 1. The maximum atomic E-state index is 12.7. The predicted molar refractivity (Wildman–Crippen MR) is 80.6 cm³/mol. The van der Waals surface area contributed by atoms with Crippen molar-refractivity contribution in [2.24, 2.45) is 0 Å². The highest BCUT2D eigenvalue weighted by atomic mass is 35.5. The van der Waals surface area contributed by atoms with Crippen LogP contribution in [0.3, 0.4) is 0 Å². The van der Waals surface area contributed by atoms with Crippen LogP contribution in [0, 0.1) is 0 Å². The Hall–Kier alpha value is -0.750. The molecule has 6 heteroatoms. The molecule has 4 nitrogen and oxygen atoms in total. The molecule has 1 aliphatic rings. The third kappa shape index (κ3) is 3.28. The maximum Gasteiger partial charge on any atom is 0.255 e. The number of hydrogen-bond donors (Lipinski definition) is 1. The first kappa shape index (κ1) is 15.6. The topological polar surface area (TPSA) is 49.8 Å². The number of amides is 1. The molecular formula is C14H18ClNO3S. The monoisotopic (exact) mass is 315 g/mol. The van der Waals surface area contributed by atoms with Gasteiger partial charge in [-0.1, -0.05) is 11.6 Å². The van der Waals surface area contributed by atoms with Crippen molar-refractivity contribution < 1.29 is 14.6 Å². The van der Waals surface area contributed by atoms with E-state index in [2.05, 4.69) is 0 Å². The number of benzene rings is 1. The third-order valence-electron chi connectivity index (χ3n) is 3.37. The fraction of sp³-hybridized carbons (Fsp3) is 0.500. The van der Waals surface area contributed by atoms with Crippen molar-refractivity contribution in [3.05, 3.63) is 28.8 Å². The average Bonchev–Trinajstić information content (AvgIpc) is 2.47. The highest BCUT2D eigenvalue weighted by Crippen LogP contribution is 2.25. The summed E-state index contributed by atoms with van der Waals surface area (Å²) in [6, 6.07) is 5.42. The van der Waals surface area contributed by atoms with Crippen LogP contribution in [0.5, 0.6) is 0 Å². The molecule has 1 aromatic carbocycles. The lowest BCUT2D eigenvalue weighted by Gasteiger charge is -2.37. The van der Waals surface area contributed by atoms with E-state index in [0.29, 0.717) is 23.7 Å². The molecule has 0 aromatic heterocycles. The molecule has 1 aromatic rings. The van der Waals surface area contributed by atoms with Gasteiger partial charge in [0.25, 0.3) is 5.91 Å². The van der Waals surface area contributed by atoms with Crippen molar-refractivity contribution in [1.82, 2.24) is 4.90 Å². The fourth-order valence-corrected chi connectivity index (χ4v) is 2.80. The standard InChI is InChI=1S/C14H18ClNO3S/c1-9-8-19-10(7-17)6-16(9)14(18)12-5-11(20-2)3-4-13(12)15/h3-5,9-10,17H,6-8H2,1-2H3. The largest absolute Gasteiger partial charge is 0.394 e. The van der Waals surface area contributed by atoms with Gasteiger partial charge in [-0.3, -0.25) is 4.79 Å². The number of hydrogen-bond acceptors (Lipinski definition) is 4. The zero-order chi connectivity index (χ0) is 14.7. The summed E-state index contributed by atoms with van der Waals surface area (Å²) in [5.41, 5.74) is 0.504. The van der Waals surface area contributed by atoms with E-state index in [4.69, 9.17) is 16.3 Å². The lowest BCUT2D eigenvalue weighted by molar-refractivity contribution is -0.0667. The lowest BCUT2D eigenvalue weighted by Crippen LogP contribution is -2.52. The first-order valence-corrected chi connectivity index (χ1v) is 8.04. The summed E-state index contributed by atoms with van der Waals surface area (Å²) >= 11 is 7.72. The summed E-state index contributed by atoms with van der Waals surface area (Å²) in [5.74, 6) is -0.111. The third-order valence-corrected chi connectivity index (χ3v) is 4.43. The van der Waals surface area contributed by atoms with Crippen molar-refractivity contribution in [1.29, 1.82) is 0 Å². The van der Waals surface area contributed by atoms with E-state index in [-0.39, 0.29) is 24.7 Å². The van der Waals surface area contributed by atoms with Gasteiger partial charge in [0.05, 0.1) is 35.9 Å². The van der Waals surface area contributed by atoms with Crippen LogP contribution < -0.4 is 0 Å². The molecule has 110 valence electrons. The molecule has 2 unspecified atom stereocenters. The van der Waals surface area contributed by atoms with Crippen LogP contribution in [-0.2, 0) is 4.74 Å². The minimum atomic E-state index is -0.322. The highest BCUT2D eigenvalue weighted by molar-refractivity contribution is 7.98. The number of aliphatic hydroxyl groups is 1. The summed E-state index contributed by atoms with van der Waals surface area (Å²) in [6.07, 6.45) is 1.63.